The quantitative estimate of drug-likeness (QED) is 0.689. The third kappa shape index (κ3) is 3.70. The zero-order chi connectivity index (χ0) is 20.6. The molecule has 5 nitrogen and oxygen atoms in total. The van der Waals surface area contributed by atoms with Crippen LogP contribution in [0.2, 0.25) is 0 Å². The Kier molecular flexibility index (Phi) is 5.23. The zero-order valence-electron chi connectivity index (χ0n) is 17.0. The molecule has 1 N–H and O–H groups in total. The van der Waals surface area contributed by atoms with E-state index in [0.717, 1.165) is 46.9 Å². The van der Waals surface area contributed by atoms with Gasteiger partial charge in [-0.05, 0) is 62.5 Å². The van der Waals surface area contributed by atoms with Crippen LogP contribution >= 0.6 is 0 Å². The van der Waals surface area contributed by atoms with Crippen LogP contribution in [0.4, 0.5) is 5.69 Å². The molecule has 6 heteroatoms. The third-order valence-electron chi connectivity index (χ3n) is 5.79. The molecule has 0 radical (unpaired) electrons. The summed E-state index contributed by atoms with van der Waals surface area (Å²) in [5.74, 6) is 0.819. The van der Waals surface area contributed by atoms with Crippen LogP contribution in [0.3, 0.4) is 0 Å². The van der Waals surface area contributed by atoms with E-state index in [1.807, 2.05) is 42.5 Å². The van der Waals surface area contributed by atoms with Crippen LogP contribution in [0, 0.1) is 0 Å². The van der Waals surface area contributed by atoms with Crippen molar-refractivity contribution >= 4 is 26.5 Å². The van der Waals surface area contributed by atoms with Crippen LogP contribution < -0.4 is 9.46 Å². The van der Waals surface area contributed by atoms with Gasteiger partial charge in [0.05, 0.1) is 17.7 Å². The number of ether oxygens (including phenoxy) is 1. The lowest BCUT2D eigenvalue weighted by Gasteiger charge is -2.32. The van der Waals surface area contributed by atoms with Gasteiger partial charge < -0.3 is 9.64 Å². The number of methoxy groups -OCH3 is 1. The second-order valence-electron chi connectivity index (χ2n) is 7.72. The van der Waals surface area contributed by atoms with Crippen molar-refractivity contribution in [3.63, 3.8) is 0 Å². The van der Waals surface area contributed by atoms with Crippen LogP contribution in [0.25, 0.3) is 10.8 Å². The molecule has 0 saturated carbocycles. The predicted octanol–water partition coefficient (Wildman–Crippen LogP) is 4.07. The second-order valence-corrected chi connectivity index (χ2v) is 9.37. The first-order valence-corrected chi connectivity index (χ1v) is 11.2. The van der Waals surface area contributed by atoms with E-state index in [9.17, 15) is 8.42 Å². The summed E-state index contributed by atoms with van der Waals surface area (Å²) in [6, 6.07) is 17.0. The molecule has 0 aliphatic heterocycles. The van der Waals surface area contributed by atoms with Crippen molar-refractivity contribution < 1.29 is 13.2 Å². The Morgan fingerprint density at radius 1 is 1.00 bits per heavy atom. The fourth-order valence-corrected chi connectivity index (χ4v) is 5.51. The fraction of sp³-hybridized carbons (Fsp3) is 0.304. The molecule has 0 fully saturated rings. The average molecular weight is 411 g/mol. The molecule has 0 heterocycles. The van der Waals surface area contributed by atoms with Crippen LogP contribution in [0.15, 0.2) is 59.5 Å². The average Bonchev–Trinajstić information content (AvgIpc) is 2.73. The zero-order valence-corrected chi connectivity index (χ0v) is 17.8. The van der Waals surface area contributed by atoms with Crippen molar-refractivity contribution in [3.8, 4) is 5.75 Å². The smallest absolute Gasteiger partial charge is 0.262 e. The van der Waals surface area contributed by atoms with E-state index in [-0.39, 0.29) is 0 Å². The van der Waals surface area contributed by atoms with E-state index in [1.165, 1.54) is 0 Å². The summed E-state index contributed by atoms with van der Waals surface area (Å²) >= 11 is 0. The number of sulfonamides is 1. The van der Waals surface area contributed by atoms with Gasteiger partial charge in [-0.3, -0.25) is 4.72 Å². The first kappa shape index (κ1) is 19.7. The molecule has 1 atom stereocenters. The Labute approximate surface area is 172 Å². The van der Waals surface area contributed by atoms with Gasteiger partial charge in [0, 0.05) is 17.0 Å². The van der Waals surface area contributed by atoms with Crippen molar-refractivity contribution in [2.45, 2.75) is 30.2 Å². The van der Waals surface area contributed by atoms with Gasteiger partial charge in [0.25, 0.3) is 10.0 Å². The Balaban J connectivity index is 1.76. The lowest BCUT2D eigenvalue weighted by atomic mass is 9.86. The van der Waals surface area contributed by atoms with E-state index in [0.29, 0.717) is 16.6 Å². The van der Waals surface area contributed by atoms with E-state index in [2.05, 4.69) is 23.7 Å². The molecule has 3 aromatic rings. The summed E-state index contributed by atoms with van der Waals surface area (Å²) in [5, 5.41) is 1.62. The lowest BCUT2D eigenvalue weighted by Crippen LogP contribution is -2.34. The van der Waals surface area contributed by atoms with E-state index >= 15 is 0 Å². The largest absolute Gasteiger partial charge is 0.496 e. The standard InChI is InChI=1S/C23H26N2O3S/c1-25(2)17-11-12-19-20(15-17)22(28-3)14-13-21(19)24-29(26,27)23-10-6-8-16-7-4-5-9-18(16)23/h4-10,13-14,17,24H,11-12,15H2,1-3H3/t17-/m0/s1. The fourth-order valence-electron chi connectivity index (χ4n) is 4.19. The van der Waals surface area contributed by atoms with Crippen LogP contribution in [-0.4, -0.2) is 40.6 Å². The molecule has 0 aromatic heterocycles. The summed E-state index contributed by atoms with van der Waals surface area (Å²) in [4.78, 5) is 2.51. The Morgan fingerprint density at radius 2 is 1.76 bits per heavy atom. The maximum absolute atomic E-state index is 13.3. The highest BCUT2D eigenvalue weighted by molar-refractivity contribution is 7.93. The summed E-state index contributed by atoms with van der Waals surface area (Å²) in [5.41, 5.74) is 2.77. The Hall–Kier alpha value is -2.57. The van der Waals surface area contributed by atoms with E-state index in [4.69, 9.17) is 4.74 Å². The number of anilines is 1. The highest BCUT2D eigenvalue weighted by atomic mass is 32.2. The molecule has 4 rings (SSSR count). The van der Waals surface area contributed by atoms with Crippen molar-refractivity contribution in [2.24, 2.45) is 0 Å². The number of hydrogen-bond acceptors (Lipinski definition) is 4. The number of likely N-dealkylation sites (N-methyl/N-ethyl adjacent to an activating group) is 1. The van der Waals surface area contributed by atoms with Crippen molar-refractivity contribution in [1.29, 1.82) is 0 Å². The molecule has 0 spiro atoms. The first-order chi connectivity index (χ1) is 13.9. The molecule has 152 valence electrons. The molecule has 1 aliphatic carbocycles. The molecule has 0 saturated heterocycles. The topological polar surface area (TPSA) is 58.6 Å². The van der Waals surface area contributed by atoms with Gasteiger partial charge in [0.15, 0.2) is 0 Å². The summed E-state index contributed by atoms with van der Waals surface area (Å²) < 4.78 is 35.0. The van der Waals surface area contributed by atoms with Crippen molar-refractivity contribution in [2.75, 3.05) is 25.9 Å². The maximum Gasteiger partial charge on any atom is 0.262 e. The SMILES string of the molecule is COc1ccc(NS(=O)(=O)c2cccc3ccccc23)c2c1C[C@@H](N(C)C)CC2. The summed E-state index contributed by atoms with van der Waals surface area (Å²) in [6.07, 6.45) is 2.63. The molecule has 0 amide bonds. The van der Waals surface area contributed by atoms with Gasteiger partial charge in [-0.2, -0.15) is 0 Å². The minimum absolute atomic E-state index is 0.294. The van der Waals surface area contributed by atoms with E-state index in [1.54, 1.807) is 19.2 Å². The monoisotopic (exact) mass is 410 g/mol. The van der Waals surface area contributed by atoms with Crippen LogP contribution in [0.5, 0.6) is 5.75 Å². The molecule has 0 unspecified atom stereocenters. The lowest BCUT2D eigenvalue weighted by molar-refractivity contribution is 0.265. The summed E-state index contributed by atoms with van der Waals surface area (Å²) in [6.45, 7) is 0. The summed E-state index contributed by atoms with van der Waals surface area (Å²) in [7, 11) is 2.09. The number of benzene rings is 3. The third-order valence-corrected chi connectivity index (χ3v) is 7.21. The minimum Gasteiger partial charge on any atom is -0.496 e. The highest BCUT2D eigenvalue weighted by Gasteiger charge is 2.27. The highest BCUT2D eigenvalue weighted by Crippen LogP contribution is 2.37. The molecule has 0 bridgehead atoms. The number of fused-ring (bicyclic) bond motifs is 2. The Bertz CT molecular complexity index is 1150. The van der Waals surface area contributed by atoms with Gasteiger partial charge >= 0.3 is 0 Å². The molecule has 3 aromatic carbocycles. The van der Waals surface area contributed by atoms with Crippen LogP contribution in [0.1, 0.15) is 17.5 Å². The number of rotatable bonds is 5. The second kappa shape index (κ2) is 7.69. The Morgan fingerprint density at radius 3 is 2.52 bits per heavy atom. The number of nitrogens with zero attached hydrogens (tertiary/aromatic N) is 1. The predicted molar refractivity (Wildman–Crippen MR) is 117 cm³/mol. The van der Waals surface area contributed by atoms with Gasteiger partial charge in [-0.1, -0.05) is 36.4 Å². The van der Waals surface area contributed by atoms with Gasteiger partial charge in [0.1, 0.15) is 5.75 Å². The first-order valence-electron chi connectivity index (χ1n) is 9.76. The van der Waals surface area contributed by atoms with Gasteiger partial charge in [-0.25, -0.2) is 8.42 Å². The van der Waals surface area contributed by atoms with Gasteiger partial charge in [0.2, 0.25) is 0 Å². The molecular weight excluding hydrogens is 384 g/mol. The van der Waals surface area contributed by atoms with Crippen molar-refractivity contribution in [1.82, 2.24) is 4.90 Å². The van der Waals surface area contributed by atoms with Gasteiger partial charge in [-0.15, -0.1) is 0 Å². The minimum atomic E-state index is -3.72. The maximum atomic E-state index is 13.3. The molecular formula is C23H26N2O3S. The normalized spacial score (nSPS) is 16.6. The van der Waals surface area contributed by atoms with E-state index < -0.39 is 10.0 Å². The molecule has 29 heavy (non-hydrogen) atoms. The number of nitrogens with one attached hydrogen (secondary N) is 1. The van der Waals surface area contributed by atoms with Crippen LogP contribution in [-0.2, 0) is 22.9 Å². The van der Waals surface area contributed by atoms with Crippen molar-refractivity contribution in [3.05, 3.63) is 65.7 Å². The molecule has 1 aliphatic rings. The number of hydrogen-bond donors (Lipinski definition) is 1.